The Morgan fingerprint density at radius 1 is 0.947 bits per heavy atom. The minimum absolute atomic E-state index is 0.00939. The summed E-state index contributed by atoms with van der Waals surface area (Å²) in [7, 11) is -2.70. The first kappa shape index (κ1) is 29.8. The van der Waals surface area contributed by atoms with Gasteiger partial charge in [0.1, 0.15) is 12.6 Å². The average molecular weight is 597 g/mol. The topological polar surface area (TPSA) is 86.8 Å². The summed E-state index contributed by atoms with van der Waals surface area (Å²) in [4.78, 5) is 28.0. The molecule has 0 aliphatic carbocycles. The number of sulfonamides is 1. The van der Waals surface area contributed by atoms with Crippen LogP contribution in [0.25, 0.3) is 0 Å². The molecule has 0 fully saturated rings. The number of rotatable bonds is 10. The van der Waals surface area contributed by atoms with Crippen LogP contribution in [0.3, 0.4) is 0 Å². The minimum atomic E-state index is -4.17. The molecule has 0 bridgehead atoms. The van der Waals surface area contributed by atoms with Gasteiger partial charge in [0.25, 0.3) is 10.0 Å². The van der Waals surface area contributed by atoms with E-state index in [4.69, 9.17) is 34.8 Å². The predicted molar refractivity (Wildman–Crippen MR) is 152 cm³/mol. The highest BCUT2D eigenvalue weighted by Gasteiger charge is 2.33. The van der Waals surface area contributed by atoms with Crippen molar-refractivity contribution in [2.75, 3.05) is 17.9 Å². The van der Waals surface area contributed by atoms with E-state index in [2.05, 4.69) is 5.32 Å². The Morgan fingerprint density at radius 3 is 2.21 bits per heavy atom. The highest BCUT2D eigenvalue weighted by Crippen LogP contribution is 2.29. The van der Waals surface area contributed by atoms with E-state index >= 15 is 0 Å². The molecule has 7 nitrogen and oxygen atoms in total. The van der Waals surface area contributed by atoms with E-state index in [0.717, 1.165) is 9.87 Å². The van der Waals surface area contributed by atoms with Gasteiger partial charge in [-0.25, -0.2) is 8.42 Å². The smallest absolute Gasteiger partial charge is 0.264 e. The summed E-state index contributed by atoms with van der Waals surface area (Å²) in [6.45, 7) is 2.95. The third-order valence-electron chi connectivity index (χ3n) is 6.04. The van der Waals surface area contributed by atoms with Gasteiger partial charge in [0, 0.05) is 28.7 Å². The van der Waals surface area contributed by atoms with Gasteiger partial charge in [-0.05, 0) is 60.9 Å². The number of amides is 2. The lowest BCUT2D eigenvalue weighted by Crippen LogP contribution is -2.51. The van der Waals surface area contributed by atoms with E-state index in [-0.39, 0.29) is 23.0 Å². The van der Waals surface area contributed by atoms with Crippen LogP contribution in [0.2, 0.25) is 15.1 Å². The first-order valence-corrected chi connectivity index (χ1v) is 14.4. The normalized spacial score (nSPS) is 12.1. The van der Waals surface area contributed by atoms with Gasteiger partial charge in [0.15, 0.2) is 0 Å². The van der Waals surface area contributed by atoms with Crippen molar-refractivity contribution in [3.8, 4) is 0 Å². The Kier molecular flexibility index (Phi) is 10.1. The average Bonchev–Trinajstić information content (AvgIpc) is 2.90. The van der Waals surface area contributed by atoms with Gasteiger partial charge in [-0.2, -0.15) is 0 Å². The number of carbonyl (C=O) groups is 2. The van der Waals surface area contributed by atoms with E-state index in [1.807, 2.05) is 0 Å². The number of halogens is 3. The molecule has 0 saturated carbocycles. The Morgan fingerprint density at radius 2 is 1.63 bits per heavy atom. The van der Waals surface area contributed by atoms with Crippen molar-refractivity contribution in [3.63, 3.8) is 0 Å². The summed E-state index contributed by atoms with van der Waals surface area (Å²) < 4.78 is 28.5. The van der Waals surface area contributed by atoms with Crippen molar-refractivity contribution >= 4 is 62.3 Å². The lowest BCUT2D eigenvalue weighted by atomic mass is 10.1. The van der Waals surface area contributed by atoms with Crippen LogP contribution in [0.4, 0.5) is 5.69 Å². The lowest BCUT2D eigenvalue weighted by Gasteiger charge is -2.33. The summed E-state index contributed by atoms with van der Waals surface area (Å²) in [6, 6.07) is 16.5. The zero-order valence-electron chi connectivity index (χ0n) is 21.1. The quantitative estimate of drug-likeness (QED) is 0.325. The summed E-state index contributed by atoms with van der Waals surface area (Å²) in [5.41, 5.74) is 1.53. The molecule has 0 aliphatic heterocycles. The highest BCUT2D eigenvalue weighted by molar-refractivity contribution is 7.92. The van der Waals surface area contributed by atoms with Crippen LogP contribution >= 0.6 is 34.8 Å². The second-order valence-electron chi connectivity index (χ2n) is 8.55. The number of hydrogen-bond acceptors (Lipinski definition) is 4. The highest BCUT2D eigenvalue weighted by atomic mass is 35.5. The summed E-state index contributed by atoms with van der Waals surface area (Å²) >= 11 is 18.7. The molecular weight excluding hydrogens is 569 g/mol. The third-order valence-corrected chi connectivity index (χ3v) is 8.82. The van der Waals surface area contributed by atoms with Gasteiger partial charge in [-0.1, -0.05) is 72.1 Å². The zero-order valence-corrected chi connectivity index (χ0v) is 24.2. The number of benzene rings is 3. The number of anilines is 1. The van der Waals surface area contributed by atoms with Crippen molar-refractivity contribution in [1.29, 1.82) is 0 Å². The number of likely N-dealkylation sites (N-methyl/N-ethyl adjacent to an activating group) is 1. The van der Waals surface area contributed by atoms with E-state index in [9.17, 15) is 18.0 Å². The van der Waals surface area contributed by atoms with Crippen molar-refractivity contribution < 1.29 is 18.0 Å². The monoisotopic (exact) mass is 595 g/mol. The Hall–Kier alpha value is -2.78. The minimum Gasteiger partial charge on any atom is -0.357 e. The molecule has 0 saturated heterocycles. The molecule has 2 amide bonds. The fraction of sp³-hybridized carbons (Fsp3) is 0.259. The Balaban J connectivity index is 2.09. The van der Waals surface area contributed by atoms with Crippen LogP contribution in [-0.4, -0.2) is 44.8 Å². The molecule has 1 atom stereocenters. The molecule has 3 aromatic carbocycles. The Bertz CT molecular complexity index is 1420. The van der Waals surface area contributed by atoms with Crippen molar-refractivity contribution in [2.45, 2.75) is 37.8 Å². The van der Waals surface area contributed by atoms with Crippen LogP contribution < -0.4 is 9.62 Å². The first-order valence-electron chi connectivity index (χ1n) is 11.8. The number of nitrogens with one attached hydrogen (secondary N) is 1. The maximum atomic E-state index is 13.9. The summed E-state index contributed by atoms with van der Waals surface area (Å²) in [6.07, 6.45) is 0.290. The lowest BCUT2D eigenvalue weighted by molar-refractivity contribution is -0.140. The second-order valence-corrected chi connectivity index (χ2v) is 11.7. The fourth-order valence-electron chi connectivity index (χ4n) is 3.90. The van der Waals surface area contributed by atoms with Crippen LogP contribution in [0.1, 0.15) is 24.5 Å². The second kappa shape index (κ2) is 12.8. The van der Waals surface area contributed by atoms with Gasteiger partial charge in [-0.3, -0.25) is 13.9 Å². The number of nitrogens with zero attached hydrogens (tertiary/aromatic N) is 2. The number of hydrogen-bond donors (Lipinski definition) is 1. The van der Waals surface area contributed by atoms with Crippen LogP contribution in [0.5, 0.6) is 0 Å². The van der Waals surface area contributed by atoms with E-state index in [1.54, 1.807) is 62.4 Å². The molecule has 202 valence electrons. The summed E-state index contributed by atoms with van der Waals surface area (Å²) in [5.74, 6) is -0.982. The maximum absolute atomic E-state index is 13.9. The first-order chi connectivity index (χ1) is 18.0. The van der Waals surface area contributed by atoms with E-state index < -0.39 is 28.5 Å². The van der Waals surface area contributed by atoms with Crippen LogP contribution in [0.15, 0.2) is 71.6 Å². The number of carbonyl (C=O) groups excluding carboxylic acids is 2. The molecule has 1 N–H and O–H groups in total. The molecule has 3 rings (SSSR count). The van der Waals surface area contributed by atoms with Crippen molar-refractivity contribution in [2.24, 2.45) is 0 Å². The summed E-state index contributed by atoms with van der Waals surface area (Å²) in [5, 5.41) is 3.67. The van der Waals surface area contributed by atoms with Gasteiger partial charge >= 0.3 is 0 Å². The molecular formula is C27H28Cl3N3O4S. The largest absolute Gasteiger partial charge is 0.357 e. The maximum Gasteiger partial charge on any atom is 0.264 e. The third kappa shape index (κ3) is 6.80. The molecule has 0 heterocycles. The predicted octanol–water partition coefficient (Wildman–Crippen LogP) is 5.70. The van der Waals surface area contributed by atoms with Crippen LogP contribution in [-0.2, 0) is 26.2 Å². The number of aryl methyl sites for hydroxylation is 1. The van der Waals surface area contributed by atoms with Gasteiger partial charge in [0.05, 0.1) is 10.6 Å². The molecule has 0 spiro atoms. The molecule has 0 radical (unpaired) electrons. The van der Waals surface area contributed by atoms with Gasteiger partial charge in [-0.15, -0.1) is 0 Å². The molecule has 0 aromatic heterocycles. The molecule has 0 aliphatic rings. The molecule has 3 aromatic rings. The molecule has 11 heteroatoms. The zero-order chi connectivity index (χ0) is 28.0. The SMILES string of the molecule is CC[C@H](C(=O)NC)N(Cc1ccc(Cl)cc1Cl)C(=O)CN(c1ccc(C)c(Cl)c1)S(=O)(=O)c1ccccc1. The van der Waals surface area contributed by atoms with E-state index in [0.29, 0.717) is 27.1 Å². The molecule has 38 heavy (non-hydrogen) atoms. The van der Waals surface area contributed by atoms with E-state index in [1.165, 1.54) is 30.1 Å². The van der Waals surface area contributed by atoms with Crippen molar-refractivity contribution in [3.05, 3.63) is 92.9 Å². The Labute approximate surface area is 238 Å². The van der Waals surface area contributed by atoms with Gasteiger partial charge in [0.2, 0.25) is 11.8 Å². The van der Waals surface area contributed by atoms with Crippen LogP contribution in [0, 0.1) is 6.92 Å². The standard InChI is InChI=1S/C27H28Cl3N3O4S/c1-4-25(27(35)31-3)32(16-19-11-12-20(28)14-24(19)30)26(34)17-33(21-13-10-18(2)23(29)15-21)38(36,37)22-8-6-5-7-9-22/h5-15,25H,4,16-17H2,1-3H3,(H,31,35)/t25-/m1/s1. The molecule has 0 unspecified atom stereocenters. The van der Waals surface area contributed by atoms with Gasteiger partial charge < -0.3 is 10.2 Å². The fourth-order valence-corrected chi connectivity index (χ4v) is 5.97. The van der Waals surface area contributed by atoms with Crippen molar-refractivity contribution in [1.82, 2.24) is 10.2 Å².